The van der Waals surface area contributed by atoms with Crippen LogP contribution in [0.2, 0.25) is 0 Å². The average molecular weight is 255 g/mol. The molecule has 0 aromatic carbocycles. The van der Waals surface area contributed by atoms with E-state index >= 15 is 0 Å². The third-order valence-corrected chi connectivity index (χ3v) is 4.04. The zero-order valence-corrected chi connectivity index (χ0v) is 12.7. The fraction of sp³-hybridized carbons (Fsp3) is 0.929. The molecule has 0 aliphatic carbocycles. The second-order valence-electron chi connectivity index (χ2n) is 5.89. The van der Waals surface area contributed by atoms with Crippen molar-refractivity contribution in [1.82, 2.24) is 15.1 Å². The Labute approximate surface area is 112 Å². The first-order valence-corrected chi connectivity index (χ1v) is 7.11. The summed E-state index contributed by atoms with van der Waals surface area (Å²) >= 11 is 0. The van der Waals surface area contributed by atoms with Crippen molar-refractivity contribution in [2.45, 2.75) is 58.8 Å². The molecule has 1 aliphatic heterocycles. The minimum absolute atomic E-state index is 0.00630. The molecule has 4 atom stereocenters. The van der Waals surface area contributed by atoms with Gasteiger partial charge in [-0.3, -0.25) is 10.1 Å². The Bertz CT molecular complexity index is 280. The molecule has 1 amide bonds. The second-order valence-corrected chi connectivity index (χ2v) is 5.89. The summed E-state index contributed by atoms with van der Waals surface area (Å²) in [4.78, 5) is 16.6. The van der Waals surface area contributed by atoms with Crippen molar-refractivity contribution in [3.63, 3.8) is 0 Å². The van der Waals surface area contributed by atoms with Crippen LogP contribution in [-0.2, 0) is 4.79 Å². The maximum atomic E-state index is 12.5. The Morgan fingerprint density at radius 3 is 2.50 bits per heavy atom. The predicted molar refractivity (Wildman–Crippen MR) is 75.3 cm³/mol. The highest BCUT2D eigenvalue weighted by atomic mass is 16.2. The van der Waals surface area contributed by atoms with Gasteiger partial charge in [-0.15, -0.1) is 0 Å². The summed E-state index contributed by atoms with van der Waals surface area (Å²) < 4.78 is 0. The predicted octanol–water partition coefficient (Wildman–Crippen LogP) is 1.52. The molecular weight excluding hydrogens is 226 g/mol. The van der Waals surface area contributed by atoms with E-state index in [-0.39, 0.29) is 18.1 Å². The summed E-state index contributed by atoms with van der Waals surface area (Å²) in [6.45, 7) is 9.55. The van der Waals surface area contributed by atoms with Gasteiger partial charge in [0.25, 0.3) is 0 Å². The second kappa shape index (κ2) is 6.53. The van der Waals surface area contributed by atoms with Gasteiger partial charge in [0, 0.05) is 6.04 Å². The summed E-state index contributed by atoms with van der Waals surface area (Å²) in [7, 11) is 4.14. The van der Waals surface area contributed by atoms with Gasteiger partial charge in [0.2, 0.25) is 5.91 Å². The Morgan fingerprint density at radius 1 is 1.39 bits per heavy atom. The van der Waals surface area contributed by atoms with Crippen molar-refractivity contribution in [1.29, 1.82) is 0 Å². The smallest absolute Gasteiger partial charge is 0.241 e. The summed E-state index contributed by atoms with van der Waals surface area (Å²) in [6.07, 6.45) is 2.22. The number of carbonyl (C=O) groups excluding carboxylic acids is 1. The molecule has 4 unspecified atom stereocenters. The molecular formula is C14H29N3O. The average Bonchev–Trinajstić information content (AvgIpc) is 2.61. The Morgan fingerprint density at radius 2 is 2.00 bits per heavy atom. The topological polar surface area (TPSA) is 35.6 Å². The van der Waals surface area contributed by atoms with Crippen LogP contribution in [0.15, 0.2) is 0 Å². The molecule has 18 heavy (non-hydrogen) atoms. The zero-order valence-electron chi connectivity index (χ0n) is 12.7. The normalized spacial score (nSPS) is 27.9. The molecule has 1 heterocycles. The van der Waals surface area contributed by atoms with Crippen molar-refractivity contribution in [3.8, 4) is 0 Å². The van der Waals surface area contributed by atoms with Crippen LogP contribution >= 0.6 is 0 Å². The Kier molecular flexibility index (Phi) is 5.60. The highest BCUT2D eigenvalue weighted by Crippen LogP contribution is 2.22. The Hall–Kier alpha value is -0.610. The molecule has 1 fully saturated rings. The molecule has 0 bridgehead atoms. The maximum absolute atomic E-state index is 12.5. The van der Waals surface area contributed by atoms with E-state index in [0.29, 0.717) is 12.0 Å². The van der Waals surface area contributed by atoms with Crippen LogP contribution in [0.4, 0.5) is 0 Å². The third-order valence-electron chi connectivity index (χ3n) is 4.04. The van der Waals surface area contributed by atoms with E-state index in [1.165, 1.54) is 0 Å². The van der Waals surface area contributed by atoms with Gasteiger partial charge in [-0.05, 0) is 46.8 Å². The van der Waals surface area contributed by atoms with Crippen LogP contribution in [0.3, 0.4) is 0 Å². The summed E-state index contributed by atoms with van der Waals surface area (Å²) in [5.41, 5.74) is 0. The number of hydrogen-bond acceptors (Lipinski definition) is 3. The van der Waals surface area contributed by atoms with Crippen molar-refractivity contribution < 1.29 is 4.79 Å². The van der Waals surface area contributed by atoms with E-state index in [1.807, 2.05) is 4.90 Å². The van der Waals surface area contributed by atoms with Gasteiger partial charge in [-0.2, -0.15) is 0 Å². The SMILES string of the molecule is CCC(C)C1NC(C)N(C(C)CCN(C)C)C1=O. The van der Waals surface area contributed by atoms with Gasteiger partial charge >= 0.3 is 0 Å². The van der Waals surface area contributed by atoms with Crippen LogP contribution in [0.1, 0.15) is 40.5 Å². The molecule has 1 N–H and O–H groups in total. The van der Waals surface area contributed by atoms with Gasteiger partial charge in [0.15, 0.2) is 0 Å². The minimum Gasteiger partial charge on any atom is -0.323 e. The van der Waals surface area contributed by atoms with Crippen molar-refractivity contribution in [2.24, 2.45) is 5.92 Å². The van der Waals surface area contributed by atoms with E-state index in [1.54, 1.807) is 0 Å². The molecule has 4 heteroatoms. The largest absolute Gasteiger partial charge is 0.323 e. The van der Waals surface area contributed by atoms with Crippen LogP contribution in [0.5, 0.6) is 0 Å². The van der Waals surface area contributed by atoms with Crippen molar-refractivity contribution in [3.05, 3.63) is 0 Å². The monoisotopic (exact) mass is 255 g/mol. The van der Waals surface area contributed by atoms with Crippen LogP contribution < -0.4 is 5.32 Å². The van der Waals surface area contributed by atoms with Crippen molar-refractivity contribution in [2.75, 3.05) is 20.6 Å². The quantitative estimate of drug-likeness (QED) is 0.781. The van der Waals surface area contributed by atoms with Crippen LogP contribution in [0.25, 0.3) is 0 Å². The Balaban J connectivity index is 2.63. The summed E-state index contributed by atoms with van der Waals surface area (Å²) in [5, 5.41) is 3.44. The first-order valence-electron chi connectivity index (χ1n) is 7.11. The number of carbonyl (C=O) groups is 1. The van der Waals surface area contributed by atoms with E-state index < -0.39 is 0 Å². The molecule has 0 radical (unpaired) electrons. The van der Waals surface area contributed by atoms with E-state index in [4.69, 9.17) is 0 Å². The van der Waals surface area contributed by atoms with Crippen LogP contribution in [0, 0.1) is 5.92 Å². The first kappa shape index (κ1) is 15.4. The molecule has 4 nitrogen and oxygen atoms in total. The number of nitrogens with one attached hydrogen (secondary N) is 1. The number of rotatable bonds is 6. The lowest BCUT2D eigenvalue weighted by molar-refractivity contribution is -0.132. The van der Waals surface area contributed by atoms with Crippen molar-refractivity contribution >= 4 is 5.91 Å². The van der Waals surface area contributed by atoms with Gasteiger partial charge in [-0.25, -0.2) is 0 Å². The van der Waals surface area contributed by atoms with Gasteiger partial charge < -0.3 is 9.80 Å². The highest BCUT2D eigenvalue weighted by molar-refractivity contribution is 5.84. The fourth-order valence-electron chi connectivity index (χ4n) is 2.59. The standard InChI is InChI=1S/C14H29N3O/c1-7-10(2)13-14(18)17(12(4)15-13)11(3)8-9-16(5)6/h10-13,15H,7-9H2,1-6H3. The lowest BCUT2D eigenvalue weighted by atomic mass is 9.99. The maximum Gasteiger partial charge on any atom is 0.241 e. The summed E-state index contributed by atoms with van der Waals surface area (Å²) in [5.74, 6) is 0.689. The first-order chi connectivity index (χ1) is 8.38. The van der Waals surface area contributed by atoms with Gasteiger partial charge in [0.05, 0.1) is 12.2 Å². The summed E-state index contributed by atoms with van der Waals surface area (Å²) in [6, 6.07) is 0.309. The van der Waals surface area contributed by atoms with E-state index in [9.17, 15) is 4.79 Å². The van der Waals surface area contributed by atoms with Crippen LogP contribution in [-0.4, -0.2) is 54.6 Å². The molecule has 1 aliphatic rings. The minimum atomic E-state index is 0.00630. The fourth-order valence-corrected chi connectivity index (χ4v) is 2.59. The molecule has 1 rings (SSSR count). The number of hydrogen-bond donors (Lipinski definition) is 1. The third kappa shape index (κ3) is 3.45. The lowest BCUT2D eigenvalue weighted by Gasteiger charge is -2.29. The van der Waals surface area contributed by atoms with E-state index in [2.05, 4.69) is 52.0 Å². The molecule has 0 aromatic rings. The van der Waals surface area contributed by atoms with E-state index in [0.717, 1.165) is 19.4 Å². The molecule has 106 valence electrons. The molecule has 0 saturated carbocycles. The highest BCUT2D eigenvalue weighted by Gasteiger charge is 2.40. The van der Waals surface area contributed by atoms with Gasteiger partial charge in [-0.1, -0.05) is 20.3 Å². The lowest BCUT2D eigenvalue weighted by Crippen LogP contribution is -2.42. The van der Waals surface area contributed by atoms with Gasteiger partial charge in [0.1, 0.15) is 0 Å². The molecule has 1 saturated heterocycles. The number of amides is 1. The number of nitrogens with zero attached hydrogens (tertiary/aromatic N) is 2. The molecule has 0 aromatic heterocycles. The zero-order chi connectivity index (χ0) is 13.9. The molecule has 0 spiro atoms.